The van der Waals surface area contributed by atoms with Crippen molar-refractivity contribution in [2.24, 2.45) is 0 Å². The minimum Gasteiger partial charge on any atom is -0.478 e. The average Bonchev–Trinajstić information content (AvgIpc) is 3.45. The summed E-state index contributed by atoms with van der Waals surface area (Å²) in [6, 6.07) is 30.5. The molecule has 3 N–H and O–H groups in total. The molecule has 0 unspecified atom stereocenters. The van der Waals surface area contributed by atoms with Gasteiger partial charge in [-0.3, -0.25) is 0 Å². The minimum atomic E-state index is -0.934. The summed E-state index contributed by atoms with van der Waals surface area (Å²) in [7, 11) is 0. The van der Waals surface area contributed by atoms with Gasteiger partial charge in [0, 0.05) is 69.7 Å². The molecule has 1 aliphatic carbocycles. The van der Waals surface area contributed by atoms with Crippen molar-refractivity contribution < 1.29 is 29.3 Å². The van der Waals surface area contributed by atoms with Crippen molar-refractivity contribution in [2.45, 2.75) is 5.92 Å². The summed E-state index contributed by atoms with van der Waals surface area (Å²) >= 11 is 0. The summed E-state index contributed by atoms with van der Waals surface area (Å²) in [5.41, 5.74) is 7.51. The first-order valence-electron chi connectivity index (χ1n) is 15.9. The summed E-state index contributed by atoms with van der Waals surface area (Å²) in [6.07, 6.45) is -0.285. The van der Waals surface area contributed by atoms with E-state index in [-0.39, 0.29) is 30.0 Å². The summed E-state index contributed by atoms with van der Waals surface area (Å²) in [6.45, 7) is 6.74. The third-order valence-electron chi connectivity index (χ3n) is 8.95. The van der Waals surface area contributed by atoms with Crippen LogP contribution < -0.4 is 15.1 Å². The Morgan fingerprint density at radius 2 is 1.06 bits per heavy atom. The molecule has 0 atom stereocenters. The van der Waals surface area contributed by atoms with Crippen LogP contribution in [0.5, 0.6) is 0 Å². The Kier molecular flexibility index (Phi) is 11.2. The highest BCUT2D eigenvalue weighted by Crippen LogP contribution is 2.44. The maximum Gasteiger partial charge on any atom is 0.409 e. The highest BCUT2D eigenvalue weighted by molar-refractivity contribution is 5.88. The number of hydrogen-bond donors (Lipinski definition) is 3. The Labute approximate surface area is 286 Å². The Morgan fingerprint density at radius 3 is 1.52 bits per heavy atom. The molecule has 4 aromatic carbocycles. The molecule has 0 aromatic heterocycles. The van der Waals surface area contributed by atoms with Crippen molar-refractivity contribution in [1.82, 2.24) is 10.2 Å². The van der Waals surface area contributed by atoms with Gasteiger partial charge in [-0.05, 0) is 70.8 Å². The predicted molar refractivity (Wildman–Crippen MR) is 188 cm³/mol. The molecular formula is C37H39ClN4O6. The van der Waals surface area contributed by atoms with E-state index in [9.17, 15) is 14.4 Å². The SMILES string of the molecule is Cl.O=C(O)c1ccc(N2CCN(C(=O)OCC3c4ccccc4-c4ccccc43)CC2)cc1.O=C(O)c1ccc(N2CCNCC2)cc1. The monoisotopic (exact) mass is 670 g/mol. The zero-order valence-electron chi connectivity index (χ0n) is 26.5. The molecule has 0 spiro atoms. The first kappa shape index (κ1) is 34.3. The molecule has 11 heteroatoms. The number of halogens is 1. The fourth-order valence-electron chi connectivity index (χ4n) is 6.39. The number of carbonyl (C=O) groups is 3. The van der Waals surface area contributed by atoms with E-state index in [1.54, 1.807) is 29.2 Å². The Bertz CT molecular complexity index is 1670. The number of aromatic carboxylic acids is 2. The van der Waals surface area contributed by atoms with Gasteiger partial charge < -0.3 is 35.0 Å². The number of rotatable bonds is 6. The number of amides is 1. The van der Waals surface area contributed by atoms with E-state index in [1.807, 2.05) is 48.5 Å². The van der Waals surface area contributed by atoms with E-state index < -0.39 is 11.9 Å². The first-order chi connectivity index (χ1) is 22.9. The van der Waals surface area contributed by atoms with Crippen LogP contribution in [0, 0.1) is 0 Å². The molecule has 7 rings (SSSR count). The quantitative estimate of drug-likeness (QED) is 0.238. The van der Waals surface area contributed by atoms with Crippen molar-refractivity contribution in [2.75, 3.05) is 68.8 Å². The minimum absolute atomic E-state index is 0. The van der Waals surface area contributed by atoms with Crippen LogP contribution in [-0.4, -0.2) is 92.1 Å². The molecule has 2 aliphatic heterocycles. The molecule has 0 radical (unpaired) electrons. The maximum atomic E-state index is 12.8. The van der Waals surface area contributed by atoms with Crippen LogP contribution in [0.15, 0.2) is 97.1 Å². The van der Waals surface area contributed by atoms with Crippen LogP contribution in [0.25, 0.3) is 11.1 Å². The highest BCUT2D eigenvalue weighted by atomic mass is 35.5. The molecule has 4 aromatic rings. The summed E-state index contributed by atoms with van der Waals surface area (Å²) in [4.78, 5) is 40.6. The zero-order valence-corrected chi connectivity index (χ0v) is 27.3. The first-order valence-corrected chi connectivity index (χ1v) is 15.9. The molecule has 3 aliphatic rings. The third-order valence-corrected chi connectivity index (χ3v) is 8.95. The van der Waals surface area contributed by atoms with E-state index in [0.717, 1.165) is 37.6 Å². The molecule has 0 bridgehead atoms. The van der Waals surface area contributed by atoms with Crippen molar-refractivity contribution in [3.05, 3.63) is 119 Å². The molecule has 10 nitrogen and oxygen atoms in total. The Balaban J connectivity index is 0.000000237. The lowest BCUT2D eigenvalue weighted by Crippen LogP contribution is -2.49. The Hall–Kier alpha value is -5.06. The highest BCUT2D eigenvalue weighted by Gasteiger charge is 2.30. The number of nitrogens with one attached hydrogen (secondary N) is 1. The lowest BCUT2D eigenvalue weighted by Gasteiger charge is -2.35. The normalized spacial score (nSPS) is 15.3. The molecule has 48 heavy (non-hydrogen) atoms. The average molecular weight is 671 g/mol. The van der Waals surface area contributed by atoms with Gasteiger partial charge in [-0.2, -0.15) is 0 Å². The third kappa shape index (κ3) is 7.73. The second kappa shape index (κ2) is 15.7. The summed E-state index contributed by atoms with van der Waals surface area (Å²) in [5.74, 6) is -1.75. The molecule has 250 valence electrons. The number of hydrogen-bond acceptors (Lipinski definition) is 7. The number of anilines is 2. The van der Waals surface area contributed by atoms with Gasteiger partial charge in [0.2, 0.25) is 0 Å². The molecular weight excluding hydrogens is 632 g/mol. The van der Waals surface area contributed by atoms with Gasteiger partial charge in [0.05, 0.1) is 11.1 Å². The van der Waals surface area contributed by atoms with Crippen LogP contribution >= 0.6 is 12.4 Å². The molecule has 2 saturated heterocycles. The van der Waals surface area contributed by atoms with Crippen molar-refractivity contribution >= 4 is 41.8 Å². The number of piperazine rings is 2. The van der Waals surface area contributed by atoms with E-state index in [1.165, 1.54) is 22.3 Å². The van der Waals surface area contributed by atoms with E-state index >= 15 is 0 Å². The number of fused-ring (bicyclic) bond motifs is 3. The van der Waals surface area contributed by atoms with Crippen LogP contribution in [0.2, 0.25) is 0 Å². The summed E-state index contributed by atoms with van der Waals surface area (Å²) < 4.78 is 5.77. The van der Waals surface area contributed by atoms with Crippen LogP contribution in [0.3, 0.4) is 0 Å². The number of benzene rings is 4. The number of nitrogens with zero attached hydrogens (tertiary/aromatic N) is 3. The van der Waals surface area contributed by atoms with Gasteiger partial charge in [-0.1, -0.05) is 48.5 Å². The second-order valence-electron chi connectivity index (χ2n) is 11.7. The number of ether oxygens (including phenoxy) is 1. The van der Waals surface area contributed by atoms with E-state index in [4.69, 9.17) is 14.9 Å². The van der Waals surface area contributed by atoms with Crippen LogP contribution in [0.1, 0.15) is 37.8 Å². The van der Waals surface area contributed by atoms with Crippen molar-refractivity contribution in [3.63, 3.8) is 0 Å². The van der Waals surface area contributed by atoms with Gasteiger partial charge in [0.25, 0.3) is 0 Å². The fraction of sp³-hybridized carbons (Fsp3) is 0.270. The predicted octanol–water partition coefficient (Wildman–Crippen LogP) is 5.67. The second-order valence-corrected chi connectivity index (χ2v) is 11.7. The number of carboxylic acid groups (broad SMARTS) is 2. The van der Waals surface area contributed by atoms with E-state index in [2.05, 4.69) is 39.4 Å². The zero-order chi connectivity index (χ0) is 32.8. The summed E-state index contributed by atoms with van der Waals surface area (Å²) in [5, 5.41) is 21.1. The fourth-order valence-corrected chi connectivity index (χ4v) is 6.39. The Morgan fingerprint density at radius 1 is 0.625 bits per heavy atom. The topological polar surface area (TPSA) is 123 Å². The number of carboxylic acids is 2. The lowest BCUT2D eigenvalue weighted by atomic mass is 9.98. The van der Waals surface area contributed by atoms with Gasteiger partial charge in [-0.25, -0.2) is 14.4 Å². The molecule has 0 saturated carbocycles. The van der Waals surface area contributed by atoms with Gasteiger partial charge in [-0.15, -0.1) is 12.4 Å². The molecule has 1 amide bonds. The van der Waals surface area contributed by atoms with E-state index in [0.29, 0.717) is 38.3 Å². The van der Waals surface area contributed by atoms with Gasteiger partial charge >= 0.3 is 18.0 Å². The number of carbonyl (C=O) groups excluding carboxylic acids is 1. The van der Waals surface area contributed by atoms with Gasteiger partial charge in [0.15, 0.2) is 0 Å². The maximum absolute atomic E-state index is 12.8. The van der Waals surface area contributed by atoms with Crippen molar-refractivity contribution in [3.8, 4) is 11.1 Å². The van der Waals surface area contributed by atoms with Gasteiger partial charge in [0.1, 0.15) is 6.61 Å². The van der Waals surface area contributed by atoms with Crippen molar-refractivity contribution in [1.29, 1.82) is 0 Å². The lowest BCUT2D eigenvalue weighted by molar-refractivity contribution is 0.0686. The van der Waals surface area contributed by atoms with Crippen LogP contribution in [0.4, 0.5) is 16.2 Å². The largest absolute Gasteiger partial charge is 0.478 e. The van der Waals surface area contributed by atoms with Crippen LogP contribution in [-0.2, 0) is 4.74 Å². The molecule has 2 fully saturated rings. The standard InChI is InChI=1S/C26H24N2O4.C11H14N2O2.ClH/c29-25(30)18-9-11-19(12-10-18)27-13-15-28(16-14-27)26(31)32-17-24-22-7-3-1-5-20(22)21-6-2-4-8-23(21)24;14-11(15)9-1-3-10(4-2-9)13-7-5-12-6-8-13;/h1-12,24H,13-17H2,(H,29,30);1-4,12H,5-8H2,(H,14,15);1H. The molecule has 2 heterocycles. The smallest absolute Gasteiger partial charge is 0.409 e.